The Labute approximate surface area is 142 Å². The van der Waals surface area contributed by atoms with Gasteiger partial charge in [-0.1, -0.05) is 18.2 Å². The zero-order valence-corrected chi connectivity index (χ0v) is 14.8. The third-order valence-electron chi connectivity index (χ3n) is 3.52. The molecule has 0 saturated carbocycles. The van der Waals surface area contributed by atoms with Gasteiger partial charge in [0, 0.05) is 45.3 Å². The van der Waals surface area contributed by atoms with Crippen molar-refractivity contribution in [3.63, 3.8) is 0 Å². The van der Waals surface area contributed by atoms with E-state index in [1.54, 1.807) is 19.2 Å². The number of nitrogens with one attached hydrogen (secondary N) is 1. The number of guanidine groups is 1. The van der Waals surface area contributed by atoms with Crippen LogP contribution in [-0.4, -0.2) is 44.7 Å². The molecule has 1 heterocycles. The van der Waals surface area contributed by atoms with E-state index in [0.717, 1.165) is 32.1 Å². The first kappa shape index (κ1) is 18.2. The average Bonchev–Trinajstić information content (AvgIpc) is 2.94. The Kier molecular flexibility index (Phi) is 7.95. The molecule has 1 unspecified atom stereocenters. The van der Waals surface area contributed by atoms with Crippen molar-refractivity contribution in [1.82, 2.24) is 10.2 Å². The monoisotopic (exact) mass is 407 g/mol. The normalized spacial score (nSPS) is 18.2. The quantitative estimate of drug-likeness (QED) is 0.474. The van der Waals surface area contributed by atoms with Crippen LogP contribution in [0.4, 0.5) is 4.39 Å². The van der Waals surface area contributed by atoms with Crippen LogP contribution in [0.2, 0.25) is 0 Å². The smallest absolute Gasteiger partial charge is 0.193 e. The first-order valence-electron chi connectivity index (χ1n) is 6.93. The van der Waals surface area contributed by atoms with Gasteiger partial charge in [0.05, 0.1) is 6.61 Å². The molecule has 1 aromatic rings. The summed E-state index contributed by atoms with van der Waals surface area (Å²) < 4.78 is 18.9. The number of rotatable bonds is 4. The van der Waals surface area contributed by atoms with Gasteiger partial charge in [0.2, 0.25) is 0 Å². The van der Waals surface area contributed by atoms with Crippen LogP contribution >= 0.6 is 24.0 Å². The number of benzene rings is 1. The minimum atomic E-state index is -0.192. The maximum Gasteiger partial charge on any atom is 0.193 e. The zero-order chi connectivity index (χ0) is 14.4. The fourth-order valence-electron chi connectivity index (χ4n) is 2.40. The van der Waals surface area contributed by atoms with E-state index in [0.29, 0.717) is 18.0 Å². The lowest BCUT2D eigenvalue weighted by Gasteiger charge is -2.24. The lowest BCUT2D eigenvalue weighted by atomic mass is 10.1. The number of hydrogen-bond acceptors (Lipinski definition) is 2. The standard InChI is InChI=1S/C15H22FN3O.HI/c1-17-15(19(2)10-12-7-8-20-11-12)18-9-13-5-3-4-6-14(13)16;/h3-6,12H,7-11H2,1-2H3,(H,17,18);1H. The molecule has 0 bridgehead atoms. The van der Waals surface area contributed by atoms with Gasteiger partial charge in [0.15, 0.2) is 5.96 Å². The third-order valence-corrected chi connectivity index (χ3v) is 3.52. The molecule has 1 saturated heterocycles. The molecule has 0 radical (unpaired) electrons. The molecule has 0 amide bonds. The van der Waals surface area contributed by atoms with Crippen molar-refractivity contribution in [2.75, 3.05) is 33.9 Å². The van der Waals surface area contributed by atoms with Crippen LogP contribution in [0.1, 0.15) is 12.0 Å². The lowest BCUT2D eigenvalue weighted by Crippen LogP contribution is -2.41. The minimum Gasteiger partial charge on any atom is -0.381 e. The molecular weight excluding hydrogens is 384 g/mol. The number of aliphatic imine (C=N–C) groups is 1. The van der Waals surface area contributed by atoms with Crippen molar-refractivity contribution in [2.45, 2.75) is 13.0 Å². The Balaban J connectivity index is 0.00000220. The number of nitrogens with zero attached hydrogens (tertiary/aromatic N) is 2. The molecule has 4 nitrogen and oxygen atoms in total. The SMILES string of the molecule is CN=C(NCc1ccccc1F)N(C)CC1CCOC1.I. The van der Waals surface area contributed by atoms with Crippen molar-refractivity contribution < 1.29 is 9.13 Å². The van der Waals surface area contributed by atoms with E-state index < -0.39 is 0 Å². The number of hydrogen-bond donors (Lipinski definition) is 1. The van der Waals surface area contributed by atoms with Crippen LogP contribution in [0.15, 0.2) is 29.3 Å². The maximum atomic E-state index is 13.6. The molecule has 1 N–H and O–H groups in total. The van der Waals surface area contributed by atoms with Crippen LogP contribution in [0.3, 0.4) is 0 Å². The van der Waals surface area contributed by atoms with Crippen LogP contribution in [0.5, 0.6) is 0 Å². The molecule has 1 aromatic carbocycles. The molecule has 1 aliphatic heterocycles. The van der Waals surface area contributed by atoms with E-state index in [-0.39, 0.29) is 29.8 Å². The molecule has 6 heteroatoms. The zero-order valence-electron chi connectivity index (χ0n) is 12.5. The van der Waals surface area contributed by atoms with E-state index in [2.05, 4.69) is 15.2 Å². The summed E-state index contributed by atoms with van der Waals surface area (Å²) in [4.78, 5) is 6.31. The van der Waals surface area contributed by atoms with Crippen molar-refractivity contribution in [3.05, 3.63) is 35.6 Å². The second-order valence-electron chi connectivity index (χ2n) is 5.10. The van der Waals surface area contributed by atoms with E-state index in [1.165, 1.54) is 6.07 Å². The molecule has 118 valence electrons. The molecule has 1 aliphatic rings. The maximum absolute atomic E-state index is 13.6. The van der Waals surface area contributed by atoms with Crippen molar-refractivity contribution in [1.29, 1.82) is 0 Å². The van der Waals surface area contributed by atoms with Gasteiger partial charge < -0.3 is 15.0 Å². The summed E-state index contributed by atoms with van der Waals surface area (Å²) in [6.07, 6.45) is 1.09. The molecule has 0 spiro atoms. The Morgan fingerprint density at radius 3 is 2.86 bits per heavy atom. The van der Waals surface area contributed by atoms with Gasteiger partial charge in [0.1, 0.15) is 5.82 Å². The summed E-state index contributed by atoms with van der Waals surface area (Å²) in [5.41, 5.74) is 0.645. The molecule has 1 atom stereocenters. The molecular formula is C15H23FIN3O. The van der Waals surface area contributed by atoms with E-state index in [1.807, 2.05) is 13.1 Å². The molecule has 2 rings (SSSR count). The minimum absolute atomic E-state index is 0. The topological polar surface area (TPSA) is 36.9 Å². The first-order chi connectivity index (χ1) is 9.70. The van der Waals surface area contributed by atoms with Gasteiger partial charge in [-0.3, -0.25) is 4.99 Å². The second-order valence-corrected chi connectivity index (χ2v) is 5.10. The molecule has 0 aromatic heterocycles. The lowest BCUT2D eigenvalue weighted by molar-refractivity contribution is 0.181. The van der Waals surface area contributed by atoms with E-state index >= 15 is 0 Å². The summed E-state index contributed by atoms with van der Waals surface area (Å²) >= 11 is 0. The largest absolute Gasteiger partial charge is 0.381 e. The first-order valence-corrected chi connectivity index (χ1v) is 6.93. The average molecular weight is 407 g/mol. The summed E-state index contributed by atoms with van der Waals surface area (Å²) in [6.45, 7) is 3.00. The summed E-state index contributed by atoms with van der Waals surface area (Å²) in [5, 5.41) is 3.20. The number of halogens is 2. The fraction of sp³-hybridized carbons (Fsp3) is 0.533. The summed E-state index contributed by atoms with van der Waals surface area (Å²) in [7, 11) is 3.74. The summed E-state index contributed by atoms with van der Waals surface area (Å²) in [5.74, 6) is 1.13. The predicted octanol–water partition coefficient (Wildman–Crippen LogP) is 2.49. The van der Waals surface area contributed by atoms with Gasteiger partial charge in [-0.2, -0.15) is 0 Å². The predicted molar refractivity (Wildman–Crippen MR) is 93.6 cm³/mol. The van der Waals surface area contributed by atoms with Crippen LogP contribution in [0.25, 0.3) is 0 Å². The Morgan fingerprint density at radius 2 is 2.24 bits per heavy atom. The highest BCUT2D eigenvalue weighted by atomic mass is 127. The van der Waals surface area contributed by atoms with Crippen LogP contribution in [0, 0.1) is 11.7 Å². The van der Waals surface area contributed by atoms with Gasteiger partial charge in [-0.25, -0.2) is 4.39 Å². The van der Waals surface area contributed by atoms with Crippen molar-refractivity contribution >= 4 is 29.9 Å². The highest BCUT2D eigenvalue weighted by Gasteiger charge is 2.19. The Hall–Kier alpha value is -0.890. The van der Waals surface area contributed by atoms with Crippen molar-refractivity contribution in [2.24, 2.45) is 10.9 Å². The van der Waals surface area contributed by atoms with Crippen LogP contribution in [-0.2, 0) is 11.3 Å². The summed E-state index contributed by atoms with van der Waals surface area (Å²) in [6, 6.07) is 6.78. The van der Waals surface area contributed by atoms with Gasteiger partial charge in [0.25, 0.3) is 0 Å². The highest BCUT2D eigenvalue weighted by Crippen LogP contribution is 2.13. The van der Waals surface area contributed by atoms with Crippen LogP contribution < -0.4 is 5.32 Å². The van der Waals surface area contributed by atoms with Crippen molar-refractivity contribution in [3.8, 4) is 0 Å². The number of ether oxygens (including phenoxy) is 1. The Bertz CT molecular complexity index is 464. The molecule has 21 heavy (non-hydrogen) atoms. The second kappa shape index (κ2) is 9.19. The fourth-order valence-corrected chi connectivity index (χ4v) is 2.40. The van der Waals surface area contributed by atoms with Gasteiger partial charge in [-0.05, 0) is 12.5 Å². The van der Waals surface area contributed by atoms with Gasteiger partial charge >= 0.3 is 0 Å². The highest BCUT2D eigenvalue weighted by molar-refractivity contribution is 14.0. The van der Waals surface area contributed by atoms with Gasteiger partial charge in [-0.15, -0.1) is 24.0 Å². The third kappa shape index (κ3) is 5.43. The molecule has 1 fully saturated rings. The molecule has 0 aliphatic carbocycles. The Morgan fingerprint density at radius 1 is 1.48 bits per heavy atom. The van der Waals surface area contributed by atoms with E-state index in [9.17, 15) is 4.39 Å². The van der Waals surface area contributed by atoms with E-state index in [4.69, 9.17) is 4.74 Å².